The van der Waals surface area contributed by atoms with Gasteiger partial charge < -0.3 is 15.2 Å². The van der Waals surface area contributed by atoms with Crippen LogP contribution < -0.4 is 10.5 Å². The van der Waals surface area contributed by atoms with Crippen LogP contribution in [0.5, 0.6) is 5.88 Å². The number of aromatic nitrogens is 1. The van der Waals surface area contributed by atoms with E-state index in [1.165, 1.54) is 0 Å². The first-order valence-corrected chi connectivity index (χ1v) is 4.15. The molecule has 0 spiro atoms. The Balaban J connectivity index is 2.56. The topological polar surface area (TPSA) is 57.4 Å². The minimum Gasteiger partial charge on any atom is -0.475 e. The van der Waals surface area contributed by atoms with Gasteiger partial charge in [0, 0.05) is 18.9 Å². The molecule has 0 fully saturated rings. The van der Waals surface area contributed by atoms with Gasteiger partial charge in [-0.25, -0.2) is 4.98 Å². The molecule has 0 aliphatic heterocycles. The fourth-order valence-electron chi connectivity index (χ4n) is 0.795. The Morgan fingerprint density at radius 1 is 1.46 bits per heavy atom. The molecule has 5 heteroatoms. The molecule has 0 saturated carbocycles. The zero-order chi connectivity index (χ0) is 9.68. The van der Waals surface area contributed by atoms with Gasteiger partial charge in [-0.3, -0.25) is 0 Å². The highest BCUT2D eigenvalue weighted by molar-refractivity contribution is 6.29. The van der Waals surface area contributed by atoms with E-state index >= 15 is 0 Å². The molecule has 4 nitrogen and oxygen atoms in total. The van der Waals surface area contributed by atoms with E-state index in [1.807, 2.05) is 0 Å². The van der Waals surface area contributed by atoms with Gasteiger partial charge in [0.05, 0.1) is 6.61 Å². The summed E-state index contributed by atoms with van der Waals surface area (Å²) >= 11 is 5.66. The van der Waals surface area contributed by atoms with Crippen molar-refractivity contribution < 1.29 is 9.47 Å². The van der Waals surface area contributed by atoms with Crippen LogP contribution in [0.1, 0.15) is 0 Å². The van der Waals surface area contributed by atoms with Crippen molar-refractivity contribution in [3.63, 3.8) is 0 Å². The van der Waals surface area contributed by atoms with Gasteiger partial charge in [-0.15, -0.1) is 0 Å². The maximum atomic E-state index is 5.66. The summed E-state index contributed by atoms with van der Waals surface area (Å²) in [6, 6.07) is 3.17. The van der Waals surface area contributed by atoms with E-state index in [0.717, 1.165) is 0 Å². The summed E-state index contributed by atoms with van der Waals surface area (Å²) in [5.74, 6) is 0.419. The molecule has 72 valence electrons. The molecule has 1 heterocycles. The van der Waals surface area contributed by atoms with Gasteiger partial charge in [0.1, 0.15) is 11.8 Å². The smallest absolute Gasteiger partial charge is 0.216 e. The molecule has 1 aromatic heterocycles. The average Bonchev–Trinajstić information content (AvgIpc) is 2.03. The molecule has 0 amide bonds. The monoisotopic (exact) mass is 202 g/mol. The quantitative estimate of drug-likeness (QED) is 0.592. The van der Waals surface area contributed by atoms with Crippen molar-refractivity contribution in [3.05, 3.63) is 17.3 Å². The number of methoxy groups -OCH3 is 1. The van der Waals surface area contributed by atoms with Crippen LogP contribution >= 0.6 is 11.6 Å². The number of nitrogens with zero attached hydrogens (tertiary/aromatic N) is 1. The number of halogens is 1. The number of nitrogens with two attached hydrogens (primary N) is 1. The van der Waals surface area contributed by atoms with E-state index in [-0.39, 0.29) is 0 Å². The first kappa shape index (κ1) is 10.1. The average molecular weight is 203 g/mol. The summed E-state index contributed by atoms with van der Waals surface area (Å²) in [4.78, 5) is 3.91. The number of ether oxygens (including phenoxy) is 2. The van der Waals surface area contributed by atoms with E-state index in [0.29, 0.717) is 29.9 Å². The highest BCUT2D eigenvalue weighted by Crippen LogP contribution is 2.17. The third-order valence-corrected chi connectivity index (χ3v) is 1.52. The lowest BCUT2D eigenvalue weighted by Gasteiger charge is -2.05. The number of pyridine rings is 1. The fourth-order valence-corrected chi connectivity index (χ4v) is 1.00. The summed E-state index contributed by atoms with van der Waals surface area (Å²) in [6.45, 7) is 0.942. The molecule has 0 bridgehead atoms. The molecule has 0 aliphatic carbocycles. The number of hydrogen-bond acceptors (Lipinski definition) is 4. The van der Waals surface area contributed by atoms with Crippen molar-refractivity contribution in [3.8, 4) is 5.88 Å². The van der Waals surface area contributed by atoms with Crippen LogP contribution in [0.15, 0.2) is 12.1 Å². The maximum absolute atomic E-state index is 5.66. The van der Waals surface area contributed by atoms with E-state index in [2.05, 4.69) is 4.98 Å². The first-order valence-electron chi connectivity index (χ1n) is 3.77. The van der Waals surface area contributed by atoms with Gasteiger partial charge >= 0.3 is 0 Å². The predicted molar refractivity (Wildman–Crippen MR) is 51.0 cm³/mol. The molecular weight excluding hydrogens is 192 g/mol. The van der Waals surface area contributed by atoms with Crippen LogP contribution in [0.3, 0.4) is 0 Å². The van der Waals surface area contributed by atoms with E-state index in [4.69, 9.17) is 26.8 Å². The van der Waals surface area contributed by atoms with Crippen molar-refractivity contribution >= 4 is 17.3 Å². The molecule has 13 heavy (non-hydrogen) atoms. The molecule has 2 N–H and O–H groups in total. The lowest BCUT2D eigenvalue weighted by Crippen LogP contribution is -2.05. The second-order valence-electron chi connectivity index (χ2n) is 2.40. The van der Waals surface area contributed by atoms with Crippen molar-refractivity contribution in [2.24, 2.45) is 0 Å². The van der Waals surface area contributed by atoms with Crippen LogP contribution in [0, 0.1) is 0 Å². The fraction of sp³-hybridized carbons (Fsp3) is 0.375. The molecule has 0 unspecified atom stereocenters. The summed E-state index contributed by atoms with van der Waals surface area (Å²) in [7, 11) is 1.60. The van der Waals surface area contributed by atoms with E-state index in [9.17, 15) is 0 Å². The Morgan fingerprint density at radius 2 is 2.23 bits per heavy atom. The highest BCUT2D eigenvalue weighted by atomic mass is 35.5. The van der Waals surface area contributed by atoms with Crippen molar-refractivity contribution in [1.82, 2.24) is 4.98 Å². The predicted octanol–water partition coefficient (Wildman–Crippen LogP) is 1.34. The Kier molecular flexibility index (Phi) is 3.79. The van der Waals surface area contributed by atoms with Gasteiger partial charge in [0.15, 0.2) is 0 Å². The van der Waals surface area contributed by atoms with Crippen LogP contribution in [0.4, 0.5) is 5.69 Å². The number of nitrogen functional groups attached to an aromatic ring is 1. The zero-order valence-electron chi connectivity index (χ0n) is 7.29. The summed E-state index contributed by atoms with van der Waals surface area (Å²) in [6.07, 6.45) is 0. The lowest BCUT2D eigenvalue weighted by atomic mass is 10.4. The third-order valence-electron chi connectivity index (χ3n) is 1.33. The summed E-state index contributed by atoms with van der Waals surface area (Å²) in [5.41, 5.74) is 6.06. The Morgan fingerprint density at radius 3 is 2.85 bits per heavy atom. The van der Waals surface area contributed by atoms with Gasteiger partial charge in [-0.1, -0.05) is 11.6 Å². The molecule has 0 aliphatic rings. The molecule has 1 rings (SSSR count). The van der Waals surface area contributed by atoms with Crippen LogP contribution in [0.2, 0.25) is 5.15 Å². The number of rotatable bonds is 4. The van der Waals surface area contributed by atoms with Gasteiger partial charge in [0.25, 0.3) is 0 Å². The van der Waals surface area contributed by atoms with Crippen LogP contribution in [-0.2, 0) is 4.74 Å². The standard InChI is InChI=1S/C8H11ClN2O2/c1-12-2-3-13-8-5-6(10)4-7(9)11-8/h4-5H,2-3H2,1H3,(H2,10,11). The largest absolute Gasteiger partial charge is 0.475 e. The zero-order valence-corrected chi connectivity index (χ0v) is 8.04. The Bertz CT molecular complexity index is 261. The molecule has 0 atom stereocenters. The second-order valence-corrected chi connectivity index (χ2v) is 2.79. The molecule has 0 aromatic carbocycles. The number of anilines is 1. The molecule has 0 saturated heterocycles. The normalized spacial score (nSPS) is 10.0. The van der Waals surface area contributed by atoms with Gasteiger partial charge in [-0.2, -0.15) is 0 Å². The molecule has 1 aromatic rings. The van der Waals surface area contributed by atoms with Gasteiger partial charge in [0.2, 0.25) is 5.88 Å². The van der Waals surface area contributed by atoms with Crippen LogP contribution in [0.25, 0.3) is 0 Å². The Hall–Kier alpha value is -1.00. The SMILES string of the molecule is COCCOc1cc(N)cc(Cl)n1. The van der Waals surface area contributed by atoms with E-state index < -0.39 is 0 Å². The van der Waals surface area contributed by atoms with Crippen molar-refractivity contribution in [2.75, 3.05) is 26.1 Å². The van der Waals surface area contributed by atoms with Gasteiger partial charge in [-0.05, 0) is 6.07 Å². The summed E-state index contributed by atoms with van der Waals surface area (Å²) in [5, 5.41) is 0.326. The third kappa shape index (κ3) is 3.48. The highest BCUT2D eigenvalue weighted by Gasteiger charge is 1.99. The molecular formula is C8H11ClN2O2. The minimum absolute atomic E-state index is 0.326. The van der Waals surface area contributed by atoms with Crippen LogP contribution in [-0.4, -0.2) is 25.3 Å². The van der Waals surface area contributed by atoms with E-state index in [1.54, 1.807) is 19.2 Å². The maximum Gasteiger partial charge on any atom is 0.216 e. The minimum atomic E-state index is 0.326. The Labute approximate surface area is 81.6 Å². The first-order chi connectivity index (χ1) is 6.22. The van der Waals surface area contributed by atoms with Crippen molar-refractivity contribution in [1.29, 1.82) is 0 Å². The van der Waals surface area contributed by atoms with Crippen molar-refractivity contribution in [2.45, 2.75) is 0 Å². The second kappa shape index (κ2) is 4.89. The lowest BCUT2D eigenvalue weighted by molar-refractivity contribution is 0.144. The number of hydrogen-bond donors (Lipinski definition) is 1. The summed E-state index contributed by atoms with van der Waals surface area (Å²) < 4.78 is 10.0. The molecule has 0 radical (unpaired) electrons.